The number of oxime groups is 1. The average molecular weight is 575 g/mol. The summed E-state index contributed by atoms with van der Waals surface area (Å²) < 4.78 is 28.6. The van der Waals surface area contributed by atoms with E-state index in [0.717, 1.165) is 11.4 Å². The van der Waals surface area contributed by atoms with Gasteiger partial charge in [0.1, 0.15) is 17.2 Å². The van der Waals surface area contributed by atoms with Crippen LogP contribution in [0.25, 0.3) is 0 Å². The maximum Gasteiger partial charge on any atom is 0.345 e. The number of aliphatic carboxylic acids is 1. The summed E-state index contributed by atoms with van der Waals surface area (Å²) >= 11 is 12.1. The normalized spacial score (nSPS) is 15.0. The van der Waals surface area contributed by atoms with Crippen LogP contribution < -0.4 is 15.4 Å². The van der Waals surface area contributed by atoms with E-state index in [-0.39, 0.29) is 41.6 Å². The molecule has 1 aromatic heterocycles. The summed E-state index contributed by atoms with van der Waals surface area (Å²) in [6.45, 7) is 4.50. The highest BCUT2D eigenvalue weighted by atomic mass is 35.5. The average Bonchev–Trinajstić information content (AvgIpc) is 3.45. The first kappa shape index (κ1) is 28.7. The van der Waals surface area contributed by atoms with E-state index in [0.29, 0.717) is 25.3 Å². The Labute approximate surface area is 224 Å². The highest BCUT2D eigenvalue weighted by molar-refractivity contribution is 7.89. The Kier molecular flexibility index (Phi) is 9.40. The van der Waals surface area contributed by atoms with Gasteiger partial charge in [-0.1, -0.05) is 40.8 Å². The van der Waals surface area contributed by atoms with Crippen LogP contribution in [0.4, 0.5) is 5.95 Å². The summed E-state index contributed by atoms with van der Waals surface area (Å²) in [6, 6.07) is 4.07. The number of aromatic amines is 1. The van der Waals surface area contributed by atoms with Crippen LogP contribution >= 0.6 is 23.2 Å². The van der Waals surface area contributed by atoms with Gasteiger partial charge in [0.2, 0.25) is 21.6 Å². The molecule has 1 aliphatic heterocycles. The van der Waals surface area contributed by atoms with Crippen LogP contribution in [0.3, 0.4) is 0 Å². The van der Waals surface area contributed by atoms with Crippen molar-refractivity contribution >= 4 is 56.8 Å². The summed E-state index contributed by atoms with van der Waals surface area (Å²) in [6.07, 6.45) is 1.30. The zero-order chi connectivity index (χ0) is 27.2. The summed E-state index contributed by atoms with van der Waals surface area (Å²) in [5, 5.41) is 18.8. The summed E-state index contributed by atoms with van der Waals surface area (Å²) in [5.74, 6) is -1.84. The van der Waals surface area contributed by atoms with Crippen molar-refractivity contribution in [1.29, 1.82) is 0 Å². The molecule has 12 nitrogen and oxygen atoms in total. The number of unbranched alkanes of at least 4 members (excludes halogenated alkanes) is 2. The summed E-state index contributed by atoms with van der Waals surface area (Å²) in [7, 11) is -4.58. The number of H-pyrrole nitrogens is 1. The standard InChI is InChI=1S/C22H28Cl2N6O6S/c1-13-14(2)27-21(26-13)25-11-5-3-4-10-22(20(32)33,28-19(31)17-9-12-36-29-17)30-37(34,35)18-15(23)7-6-8-16(18)24/h6-8,30H,3-5,9-12H2,1-2H3,(H,28,31)(H,32,33)(H2,25,26,27). The van der Waals surface area contributed by atoms with Gasteiger partial charge in [0, 0.05) is 18.7 Å². The van der Waals surface area contributed by atoms with Crippen molar-refractivity contribution in [2.24, 2.45) is 5.16 Å². The molecule has 2 heterocycles. The third-order valence-corrected chi connectivity index (χ3v) is 8.15. The van der Waals surface area contributed by atoms with Gasteiger partial charge in [-0.15, -0.1) is 0 Å². The molecule has 15 heteroatoms. The van der Waals surface area contributed by atoms with Crippen molar-refractivity contribution in [1.82, 2.24) is 20.0 Å². The largest absolute Gasteiger partial charge is 0.478 e. The van der Waals surface area contributed by atoms with Crippen molar-refractivity contribution in [2.75, 3.05) is 18.5 Å². The molecule has 5 N–H and O–H groups in total. The lowest BCUT2D eigenvalue weighted by Gasteiger charge is -2.31. The third kappa shape index (κ3) is 7.12. The molecule has 3 rings (SSSR count). The third-order valence-electron chi connectivity index (χ3n) is 5.70. The van der Waals surface area contributed by atoms with E-state index < -0.39 is 32.5 Å². The Morgan fingerprint density at radius 1 is 1.19 bits per heavy atom. The van der Waals surface area contributed by atoms with E-state index in [1.807, 2.05) is 13.8 Å². The number of imidazole rings is 1. The Morgan fingerprint density at radius 3 is 2.46 bits per heavy atom. The van der Waals surface area contributed by atoms with Gasteiger partial charge in [-0.05, 0) is 45.2 Å². The molecule has 0 spiro atoms. The molecule has 1 amide bonds. The van der Waals surface area contributed by atoms with Gasteiger partial charge in [-0.2, -0.15) is 4.72 Å². The van der Waals surface area contributed by atoms with Crippen LogP contribution in [0.15, 0.2) is 28.3 Å². The summed E-state index contributed by atoms with van der Waals surface area (Å²) in [4.78, 5) is 37.0. The lowest BCUT2D eigenvalue weighted by Crippen LogP contribution is -2.66. The smallest absolute Gasteiger partial charge is 0.345 e. The molecule has 0 fully saturated rings. The Morgan fingerprint density at radius 2 is 1.89 bits per heavy atom. The monoisotopic (exact) mass is 574 g/mol. The lowest BCUT2D eigenvalue weighted by molar-refractivity contribution is -0.148. The van der Waals surface area contributed by atoms with Crippen LogP contribution in [0.5, 0.6) is 0 Å². The fourth-order valence-corrected chi connectivity index (χ4v) is 6.08. The lowest BCUT2D eigenvalue weighted by atomic mass is 10.0. The number of hydrogen-bond donors (Lipinski definition) is 5. The van der Waals surface area contributed by atoms with Crippen LogP contribution in [0, 0.1) is 13.8 Å². The van der Waals surface area contributed by atoms with E-state index in [1.165, 1.54) is 18.2 Å². The van der Waals surface area contributed by atoms with Crippen LogP contribution in [-0.4, -0.2) is 59.9 Å². The second-order valence-corrected chi connectivity index (χ2v) is 10.9. The number of amides is 1. The number of carbonyl (C=O) groups is 2. The maximum absolute atomic E-state index is 13.2. The van der Waals surface area contributed by atoms with Crippen LogP contribution in [0.2, 0.25) is 10.0 Å². The quantitative estimate of drug-likeness (QED) is 0.179. The molecular weight excluding hydrogens is 547 g/mol. The molecule has 0 radical (unpaired) electrons. The van der Waals surface area contributed by atoms with E-state index in [9.17, 15) is 23.1 Å². The molecule has 0 aliphatic carbocycles. The second-order valence-electron chi connectivity index (χ2n) is 8.48. The number of sulfonamides is 1. The number of nitrogens with zero attached hydrogens (tertiary/aromatic N) is 2. The van der Waals surface area contributed by atoms with Gasteiger partial charge in [-0.3, -0.25) is 4.79 Å². The zero-order valence-corrected chi connectivity index (χ0v) is 22.6. The maximum atomic E-state index is 13.2. The van der Waals surface area contributed by atoms with Gasteiger partial charge in [0.05, 0.1) is 15.7 Å². The fraction of sp³-hybridized carbons (Fsp3) is 0.455. The van der Waals surface area contributed by atoms with Crippen LogP contribution in [-0.2, 0) is 24.4 Å². The number of nitrogens with one attached hydrogen (secondary N) is 4. The zero-order valence-electron chi connectivity index (χ0n) is 20.2. The number of benzene rings is 1. The number of aryl methyl sites for hydroxylation is 2. The van der Waals surface area contributed by atoms with Crippen LogP contribution in [0.1, 0.15) is 43.5 Å². The second kappa shape index (κ2) is 12.1. The first-order chi connectivity index (χ1) is 17.4. The van der Waals surface area contributed by atoms with E-state index in [2.05, 4.69) is 30.5 Å². The molecule has 0 bridgehead atoms. The van der Waals surface area contributed by atoms with Gasteiger partial charge in [0.15, 0.2) is 0 Å². The molecule has 1 atom stereocenters. The molecule has 0 saturated heterocycles. The minimum atomic E-state index is -4.58. The van der Waals surface area contributed by atoms with E-state index in [4.69, 9.17) is 28.0 Å². The van der Waals surface area contributed by atoms with Crippen molar-refractivity contribution in [3.63, 3.8) is 0 Å². The summed E-state index contributed by atoms with van der Waals surface area (Å²) in [5.41, 5.74) is -0.610. The number of carboxylic acid groups (broad SMARTS) is 1. The van der Waals surface area contributed by atoms with Gasteiger partial charge in [0.25, 0.3) is 5.91 Å². The molecule has 37 heavy (non-hydrogen) atoms. The van der Waals surface area contributed by atoms with E-state index in [1.54, 1.807) is 0 Å². The number of hydrogen-bond acceptors (Lipinski definition) is 8. The van der Waals surface area contributed by atoms with Crippen molar-refractivity contribution in [3.05, 3.63) is 39.6 Å². The van der Waals surface area contributed by atoms with Gasteiger partial charge in [-0.25, -0.2) is 18.2 Å². The van der Waals surface area contributed by atoms with E-state index >= 15 is 0 Å². The van der Waals surface area contributed by atoms with Crippen molar-refractivity contribution in [2.45, 2.75) is 56.5 Å². The topological polar surface area (TPSA) is 175 Å². The predicted octanol–water partition coefficient (Wildman–Crippen LogP) is 2.96. The number of aromatic nitrogens is 2. The van der Waals surface area contributed by atoms with Gasteiger partial charge >= 0.3 is 5.97 Å². The minimum Gasteiger partial charge on any atom is -0.478 e. The fourth-order valence-electron chi connectivity index (χ4n) is 3.63. The number of halogens is 2. The molecule has 202 valence electrons. The van der Waals surface area contributed by atoms with Crippen molar-refractivity contribution in [3.8, 4) is 0 Å². The molecule has 0 saturated carbocycles. The SMILES string of the molecule is Cc1nc(NCCCCCC(NC(=O)C2=NOCC2)(NS(=O)(=O)c2c(Cl)cccc2Cl)C(=O)O)[nH]c1C. The molecular formula is C22H28Cl2N6O6S. The number of anilines is 1. The molecule has 1 aliphatic rings. The molecule has 1 unspecified atom stereocenters. The Balaban J connectivity index is 1.76. The number of carboxylic acids is 1. The first-order valence-corrected chi connectivity index (χ1v) is 13.7. The number of rotatable bonds is 13. The Bertz CT molecular complexity index is 1260. The molecule has 1 aromatic carbocycles. The minimum absolute atomic E-state index is 0.0474. The highest BCUT2D eigenvalue weighted by Gasteiger charge is 2.45. The van der Waals surface area contributed by atoms with Crippen molar-refractivity contribution < 1.29 is 28.0 Å². The molecule has 2 aromatic rings. The number of carbonyl (C=O) groups excluding carboxylic acids is 1. The first-order valence-electron chi connectivity index (χ1n) is 11.4. The highest BCUT2D eigenvalue weighted by Crippen LogP contribution is 2.30. The van der Waals surface area contributed by atoms with Gasteiger partial charge < -0.3 is 25.6 Å². The predicted molar refractivity (Wildman–Crippen MR) is 138 cm³/mol. The Hall–Kier alpha value is -2.87.